The second-order valence-electron chi connectivity index (χ2n) is 7.89. The summed E-state index contributed by atoms with van der Waals surface area (Å²) in [4.78, 5) is 60.6. The second-order valence-corrected chi connectivity index (χ2v) is 8.88. The molecule has 190 valence electrons. The van der Waals surface area contributed by atoms with E-state index in [0.29, 0.717) is 18.6 Å². The van der Waals surface area contributed by atoms with Crippen molar-refractivity contribution in [1.29, 1.82) is 0 Å². The average molecular weight is 492 g/mol. The summed E-state index contributed by atoms with van der Waals surface area (Å²) in [6, 6.07) is -4.85. The molecule has 0 spiro atoms. The first-order chi connectivity index (χ1) is 15.3. The third-order valence-corrected chi connectivity index (χ3v) is 5.77. The first kappa shape index (κ1) is 30.6. The molecule has 0 aromatic carbocycles. The number of amides is 4. The lowest BCUT2D eigenvalue weighted by Crippen LogP contribution is -2.60. The van der Waals surface area contributed by atoms with Gasteiger partial charge in [0.05, 0.1) is 12.1 Å². The Morgan fingerprint density at radius 3 is 1.97 bits per heavy atom. The van der Waals surface area contributed by atoms with E-state index >= 15 is 0 Å². The molecular weight excluding hydrogens is 454 g/mol. The number of carboxylic acid groups (broad SMARTS) is 1. The van der Waals surface area contributed by atoms with Crippen LogP contribution in [0.25, 0.3) is 0 Å². The van der Waals surface area contributed by atoms with Gasteiger partial charge < -0.3 is 37.6 Å². The van der Waals surface area contributed by atoms with Crippen LogP contribution in [-0.4, -0.2) is 82.1 Å². The van der Waals surface area contributed by atoms with Gasteiger partial charge in [0.25, 0.3) is 0 Å². The van der Waals surface area contributed by atoms with Crippen molar-refractivity contribution in [2.24, 2.45) is 17.4 Å². The molecule has 6 atom stereocenters. The van der Waals surface area contributed by atoms with E-state index in [2.05, 4.69) is 16.0 Å². The minimum atomic E-state index is -1.42. The summed E-state index contributed by atoms with van der Waals surface area (Å²) in [6.45, 7) is 4.69. The predicted octanol–water partition coefficient (Wildman–Crippen LogP) is -1.70. The number of hydrogen-bond acceptors (Lipinski definition) is 8. The molecule has 0 aromatic rings. The first-order valence-electron chi connectivity index (χ1n) is 10.7. The second kappa shape index (κ2) is 15.5. The Morgan fingerprint density at radius 2 is 1.52 bits per heavy atom. The molecule has 0 saturated heterocycles. The number of aliphatic carboxylic acids is 1. The van der Waals surface area contributed by atoms with Crippen LogP contribution in [0.15, 0.2) is 0 Å². The summed E-state index contributed by atoms with van der Waals surface area (Å²) < 4.78 is 0. The Balaban J connectivity index is 5.50. The zero-order valence-corrected chi connectivity index (χ0v) is 20.3. The van der Waals surface area contributed by atoms with E-state index in [0.717, 1.165) is 0 Å². The van der Waals surface area contributed by atoms with Gasteiger partial charge in [0, 0.05) is 6.42 Å². The average Bonchev–Trinajstić information content (AvgIpc) is 2.74. The van der Waals surface area contributed by atoms with Gasteiger partial charge in [0.1, 0.15) is 18.1 Å². The lowest BCUT2D eigenvalue weighted by atomic mass is 9.98. The van der Waals surface area contributed by atoms with Gasteiger partial charge in [-0.3, -0.25) is 19.2 Å². The maximum absolute atomic E-state index is 12.8. The number of thioether (sulfide) groups is 1. The third kappa shape index (κ3) is 11.3. The Labute approximate surface area is 198 Å². The highest BCUT2D eigenvalue weighted by Crippen LogP contribution is 2.10. The molecule has 9 N–H and O–H groups in total. The van der Waals surface area contributed by atoms with Crippen molar-refractivity contribution in [2.45, 2.75) is 76.7 Å². The van der Waals surface area contributed by atoms with Crippen LogP contribution in [0, 0.1) is 5.92 Å². The molecule has 0 radical (unpaired) electrons. The standard InChI is InChI=1S/C20H37N5O7S/c1-5-10(2)15(20(31)32)24-18(29)13(6-7-14(22)27)23-19(30)16(11(3)26)25-17(28)12(21)8-9-33-4/h10-13,15-16,26H,5-9,21H2,1-4H3,(H2,22,27)(H,23,30)(H,24,29)(H,25,28)(H,31,32). The largest absolute Gasteiger partial charge is 0.480 e. The zero-order valence-electron chi connectivity index (χ0n) is 19.5. The van der Waals surface area contributed by atoms with Crippen LogP contribution in [0.2, 0.25) is 0 Å². The molecule has 0 aliphatic rings. The molecule has 0 aliphatic heterocycles. The van der Waals surface area contributed by atoms with Gasteiger partial charge in [-0.25, -0.2) is 4.79 Å². The fourth-order valence-electron chi connectivity index (χ4n) is 2.80. The van der Waals surface area contributed by atoms with Crippen molar-refractivity contribution in [1.82, 2.24) is 16.0 Å². The number of aliphatic hydroxyl groups excluding tert-OH is 1. The van der Waals surface area contributed by atoms with Gasteiger partial charge in [-0.15, -0.1) is 0 Å². The van der Waals surface area contributed by atoms with E-state index < -0.39 is 65.8 Å². The molecule has 0 heterocycles. The lowest BCUT2D eigenvalue weighted by molar-refractivity contribution is -0.144. The van der Waals surface area contributed by atoms with Gasteiger partial charge in [0.2, 0.25) is 23.6 Å². The van der Waals surface area contributed by atoms with Crippen LogP contribution in [0.5, 0.6) is 0 Å². The van der Waals surface area contributed by atoms with Gasteiger partial charge in [0.15, 0.2) is 0 Å². The minimum Gasteiger partial charge on any atom is -0.480 e. The molecule has 12 nitrogen and oxygen atoms in total. The maximum atomic E-state index is 12.8. The fraction of sp³-hybridized carbons (Fsp3) is 0.750. The highest BCUT2D eigenvalue weighted by Gasteiger charge is 2.33. The van der Waals surface area contributed by atoms with Crippen molar-refractivity contribution < 1.29 is 34.2 Å². The van der Waals surface area contributed by atoms with Crippen LogP contribution in [0.1, 0.15) is 46.5 Å². The SMILES string of the molecule is CCC(C)C(NC(=O)C(CCC(N)=O)NC(=O)C(NC(=O)C(N)CCSC)C(C)O)C(=O)O. The molecule has 4 amide bonds. The number of carbonyl (C=O) groups excluding carboxylic acids is 4. The summed E-state index contributed by atoms with van der Waals surface area (Å²) in [7, 11) is 0. The fourth-order valence-corrected chi connectivity index (χ4v) is 3.28. The zero-order chi connectivity index (χ0) is 25.7. The van der Waals surface area contributed by atoms with Crippen molar-refractivity contribution in [3.63, 3.8) is 0 Å². The Bertz CT molecular complexity index is 692. The van der Waals surface area contributed by atoms with E-state index in [-0.39, 0.29) is 12.8 Å². The van der Waals surface area contributed by atoms with E-state index in [9.17, 15) is 34.2 Å². The number of hydrogen-bond donors (Lipinski definition) is 7. The topological polar surface area (TPSA) is 214 Å². The highest BCUT2D eigenvalue weighted by atomic mass is 32.2. The number of primary amides is 1. The molecule has 0 aliphatic carbocycles. The number of carboxylic acids is 1. The maximum Gasteiger partial charge on any atom is 0.326 e. The van der Waals surface area contributed by atoms with Gasteiger partial charge >= 0.3 is 5.97 Å². The monoisotopic (exact) mass is 491 g/mol. The summed E-state index contributed by atoms with van der Waals surface area (Å²) in [5, 5.41) is 26.5. The van der Waals surface area contributed by atoms with Crippen LogP contribution >= 0.6 is 11.8 Å². The Kier molecular flexibility index (Phi) is 14.3. The van der Waals surface area contributed by atoms with E-state index in [1.807, 2.05) is 6.26 Å². The number of carbonyl (C=O) groups is 5. The number of aliphatic hydroxyl groups is 1. The number of nitrogens with two attached hydrogens (primary N) is 2. The van der Waals surface area contributed by atoms with Crippen molar-refractivity contribution in [3.8, 4) is 0 Å². The predicted molar refractivity (Wildman–Crippen MR) is 124 cm³/mol. The van der Waals surface area contributed by atoms with E-state index in [1.54, 1.807) is 13.8 Å². The smallest absolute Gasteiger partial charge is 0.326 e. The Morgan fingerprint density at radius 1 is 0.939 bits per heavy atom. The highest BCUT2D eigenvalue weighted by molar-refractivity contribution is 7.98. The molecule has 13 heteroatoms. The third-order valence-electron chi connectivity index (χ3n) is 5.12. The summed E-state index contributed by atoms with van der Waals surface area (Å²) in [5.41, 5.74) is 10.9. The van der Waals surface area contributed by atoms with Crippen LogP contribution in [0.3, 0.4) is 0 Å². The van der Waals surface area contributed by atoms with Gasteiger partial charge in [-0.05, 0) is 37.7 Å². The molecular formula is C20H37N5O7S. The van der Waals surface area contributed by atoms with Gasteiger partial charge in [-0.2, -0.15) is 11.8 Å². The molecule has 0 rings (SSSR count). The van der Waals surface area contributed by atoms with E-state index in [4.69, 9.17) is 11.5 Å². The van der Waals surface area contributed by atoms with Crippen molar-refractivity contribution >= 4 is 41.4 Å². The molecule has 0 fully saturated rings. The lowest BCUT2D eigenvalue weighted by Gasteiger charge is -2.27. The summed E-state index contributed by atoms with van der Waals surface area (Å²) in [5.74, 6) is -4.11. The normalized spacial score (nSPS) is 16.4. The quantitative estimate of drug-likeness (QED) is 0.131. The van der Waals surface area contributed by atoms with Gasteiger partial charge in [-0.1, -0.05) is 20.3 Å². The molecule has 0 saturated carbocycles. The molecule has 33 heavy (non-hydrogen) atoms. The first-order valence-corrected chi connectivity index (χ1v) is 12.1. The Hall–Kier alpha value is -2.38. The molecule has 0 bridgehead atoms. The van der Waals surface area contributed by atoms with Crippen molar-refractivity contribution in [2.75, 3.05) is 12.0 Å². The van der Waals surface area contributed by atoms with Crippen molar-refractivity contribution in [3.05, 3.63) is 0 Å². The van der Waals surface area contributed by atoms with E-state index in [1.165, 1.54) is 18.7 Å². The number of nitrogens with one attached hydrogen (secondary N) is 3. The van der Waals surface area contributed by atoms with Crippen LogP contribution in [-0.2, 0) is 24.0 Å². The number of rotatable bonds is 16. The van der Waals surface area contributed by atoms with Crippen LogP contribution in [0.4, 0.5) is 0 Å². The van der Waals surface area contributed by atoms with Crippen LogP contribution < -0.4 is 27.4 Å². The molecule has 0 aromatic heterocycles. The minimum absolute atomic E-state index is 0.201. The summed E-state index contributed by atoms with van der Waals surface area (Å²) in [6.07, 6.45) is 0.898. The summed E-state index contributed by atoms with van der Waals surface area (Å²) >= 11 is 1.50. The molecule has 6 unspecified atom stereocenters.